The number of rotatable bonds is 9. The van der Waals surface area contributed by atoms with E-state index >= 15 is 0 Å². The summed E-state index contributed by atoms with van der Waals surface area (Å²) in [5.74, 6) is -0.396. The topological polar surface area (TPSA) is 87.7 Å². The quantitative estimate of drug-likeness (QED) is 0.452. The summed E-state index contributed by atoms with van der Waals surface area (Å²) in [6.07, 6.45) is 0.924. The lowest BCUT2D eigenvalue weighted by Gasteiger charge is -2.17. The number of benzene rings is 3. The SMILES string of the molecule is Cc1ccc(Cl)cc1NC(=O)COc1ccc(N2C[C@H](C(=O)NCCc3ccccc3)CC2=O)cc1. The number of hydrogen-bond acceptors (Lipinski definition) is 4. The molecule has 1 aliphatic heterocycles. The number of amides is 3. The summed E-state index contributed by atoms with van der Waals surface area (Å²) in [5, 5.41) is 6.26. The van der Waals surface area contributed by atoms with Gasteiger partial charge < -0.3 is 20.3 Å². The molecule has 186 valence electrons. The van der Waals surface area contributed by atoms with E-state index in [-0.39, 0.29) is 36.7 Å². The molecule has 7 nitrogen and oxygen atoms in total. The van der Waals surface area contributed by atoms with E-state index in [1.54, 1.807) is 41.3 Å². The third-order valence-corrected chi connectivity index (χ3v) is 6.28. The molecular formula is C28H28ClN3O4. The van der Waals surface area contributed by atoms with Crippen molar-refractivity contribution in [1.29, 1.82) is 0 Å². The van der Waals surface area contributed by atoms with Crippen molar-refractivity contribution in [2.45, 2.75) is 19.8 Å². The number of nitrogens with one attached hydrogen (secondary N) is 2. The fraction of sp³-hybridized carbons (Fsp3) is 0.250. The second-order valence-electron chi connectivity index (χ2n) is 8.72. The van der Waals surface area contributed by atoms with Crippen LogP contribution in [-0.2, 0) is 20.8 Å². The lowest BCUT2D eigenvalue weighted by Crippen LogP contribution is -2.34. The van der Waals surface area contributed by atoms with Crippen LogP contribution in [0.1, 0.15) is 17.5 Å². The van der Waals surface area contributed by atoms with E-state index in [9.17, 15) is 14.4 Å². The first-order valence-electron chi connectivity index (χ1n) is 11.8. The van der Waals surface area contributed by atoms with Gasteiger partial charge in [0, 0.05) is 35.9 Å². The number of halogens is 1. The molecule has 36 heavy (non-hydrogen) atoms. The second-order valence-corrected chi connectivity index (χ2v) is 9.16. The van der Waals surface area contributed by atoms with Crippen molar-refractivity contribution in [1.82, 2.24) is 5.32 Å². The van der Waals surface area contributed by atoms with Crippen LogP contribution >= 0.6 is 11.6 Å². The highest BCUT2D eigenvalue weighted by molar-refractivity contribution is 6.31. The minimum atomic E-state index is -0.386. The summed E-state index contributed by atoms with van der Waals surface area (Å²) in [7, 11) is 0. The Morgan fingerprint density at radius 3 is 2.56 bits per heavy atom. The minimum absolute atomic E-state index is 0.0943. The van der Waals surface area contributed by atoms with Gasteiger partial charge in [0.1, 0.15) is 5.75 Å². The number of carbonyl (C=O) groups is 3. The molecule has 0 unspecified atom stereocenters. The third kappa shape index (κ3) is 6.64. The van der Waals surface area contributed by atoms with Gasteiger partial charge in [-0.25, -0.2) is 0 Å². The number of ether oxygens (including phenoxy) is 1. The van der Waals surface area contributed by atoms with Gasteiger partial charge in [0.05, 0.1) is 5.92 Å². The Morgan fingerprint density at radius 2 is 1.81 bits per heavy atom. The molecule has 3 aromatic rings. The van der Waals surface area contributed by atoms with Crippen LogP contribution in [0.2, 0.25) is 5.02 Å². The number of hydrogen-bond donors (Lipinski definition) is 2. The molecule has 1 saturated heterocycles. The van der Waals surface area contributed by atoms with E-state index in [1.165, 1.54) is 0 Å². The molecule has 1 atom stereocenters. The Balaban J connectivity index is 1.25. The molecular weight excluding hydrogens is 478 g/mol. The summed E-state index contributed by atoms with van der Waals surface area (Å²) >= 11 is 5.99. The molecule has 2 N–H and O–H groups in total. The molecule has 8 heteroatoms. The van der Waals surface area contributed by atoms with Crippen molar-refractivity contribution in [3.63, 3.8) is 0 Å². The van der Waals surface area contributed by atoms with Gasteiger partial charge in [0.25, 0.3) is 5.91 Å². The van der Waals surface area contributed by atoms with Crippen LogP contribution in [0.4, 0.5) is 11.4 Å². The number of anilines is 2. The zero-order valence-electron chi connectivity index (χ0n) is 20.0. The van der Waals surface area contributed by atoms with Crippen molar-refractivity contribution in [3.8, 4) is 5.75 Å². The molecule has 1 aliphatic rings. The Labute approximate surface area is 215 Å². The largest absolute Gasteiger partial charge is 0.484 e. The fourth-order valence-electron chi connectivity index (χ4n) is 4.04. The first-order chi connectivity index (χ1) is 17.4. The first kappa shape index (κ1) is 25.3. The molecule has 0 spiro atoms. The van der Waals surface area contributed by atoms with Gasteiger partial charge in [-0.1, -0.05) is 48.0 Å². The van der Waals surface area contributed by atoms with Crippen molar-refractivity contribution >= 4 is 40.7 Å². The highest BCUT2D eigenvalue weighted by atomic mass is 35.5. The lowest BCUT2D eigenvalue weighted by atomic mass is 10.1. The maximum atomic E-state index is 12.6. The van der Waals surface area contributed by atoms with E-state index < -0.39 is 0 Å². The molecule has 1 fully saturated rings. The number of nitrogens with zero attached hydrogens (tertiary/aromatic N) is 1. The van der Waals surface area contributed by atoms with Gasteiger partial charge in [0.2, 0.25) is 11.8 Å². The molecule has 0 aliphatic carbocycles. The maximum absolute atomic E-state index is 12.6. The van der Waals surface area contributed by atoms with E-state index in [4.69, 9.17) is 16.3 Å². The van der Waals surface area contributed by atoms with Crippen LogP contribution in [-0.4, -0.2) is 37.4 Å². The van der Waals surface area contributed by atoms with Crippen LogP contribution in [0.25, 0.3) is 0 Å². The molecule has 0 saturated carbocycles. The van der Waals surface area contributed by atoms with E-state index in [1.807, 2.05) is 43.3 Å². The molecule has 3 amide bonds. The molecule has 0 radical (unpaired) electrons. The molecule has 3 aromatic carbocycles. The summed E-state index contributed by atoms with van der Waals surface area (Å²) < 4.78 is 5.58. The van der Waals surface area contributed by atoms with Crippen molar-refractivity contribution in [3.05, 3.63) is 88.9 Å². The van der Waals surface area contributed by atoms with Crippen molar-refractivity contribution in [2.24, 2.45) is 5.92 Å². The number of carbonyl (C=O) groups excluding carboxylic acids is 3. The molecule has 0 aromatic heterocycles. The lowest BCUT2D eigenvalue weighted by molar-refractivity contribution is -0.126. The second kappa shape index (κ2) is 11.7. The first-order valence-corrected chi connectivity index (χ1v) is 12.2. The predicted molar refractivity (Wildman–Crippen MR) is 140 cm³/mol. The van der Waals surface area contributed by atoms with Crippen molar-refractivity contribution in [2.75, 3.05) is 29.9 Å². The smallest absolute Gasteiger partial charge is 0.262 e. The van der Waals surface area contributed by atoms with Gasteiger partial charge in [-0.05, 0) is 60.9 Å². The van der Waals surface area contributed by atoms with E-state index in [0.717, 1.165) is 17.5 Å². The van der Waals surface area contributed by atoms with Gasteiger partial charge in [0.15, 0.2) is 6.61 Å². The fourth-order valence-corrected chi connectivity index (χ4v) is 4.21. The monoisotopic (exact) mass is 505 g/mol. The average molecular weight is 506 g/mol. The molecule has 4 rings (SSSR count). The van der Waals surface area contributed by atoms with Crippen LogP contribution < -0.4 is 20.3 Å². The molecule has 1 heterocycles. The number of aryl methyl sites for hydroxylation is 1. The Morgan fingerprint density at radius 1 is 1.06 bits per heavy atom. The Hall–Kier alpha value is -3.84. The minimum Gasteiger partial charge on any atom is -0.484 e. The van der Waals surface area contributed by atoms with Crippen molar-refractivity contribution < 1.29 is 19.1 Å². The van der Waals surface area contributed by atoms with Gasteiger partial charge in [-0.2, -0.15) is 0 Å². The Kier molecular flexibility index (Phi) is 8.23. The zero-order chi connectivity index (χ0) is 25.5. The van der Waals surface area contributed by atoms with Gasteiger partial charge in [-0.15, -0.1) is 0 Å². The third-order valence-electron chi connectivity index (χ3n) is 6.04. The van der Waals surface area contributed by atoms with Crippen LogP contribution in [0.15, 0.2) is 72.8 Å². The highest BCUT2D eigenvalue weighted by Gasteiger charge is 2.34. The van der Waals surface area contributed by atoms with Crippen LogP contribution in [0.5, 0.6) is 5.75 Å². The summed E-state index contributed by atoms with van der Waals surface area (Å²) in [4.78, 5) is 39.0. The van der Waals surface area contributed by atoms with E-state index in [0.29, 0.717) is 35.2 Å². The van der Waals surface area contributed by atoms with Gasteiger partial charge in [-0.3, -0.25) is 14.4 Å². The predicted octanol–water partition coefficient (Wildman–Crippen LogP) is 4.38. The average Bonchev–Trinajstić information content (AvgIpc) is 3.27. The van der Waals surface area contributed by atoms with Crippen LogP contribution in [0.3, 0.4) is 0 Å². The highest BCUT2D eigenvalue weighted by Crippen LogP contribution is 2.27. The normalized spacial score (nSPS) is 15.0. The summed E-state index contributed by atoms with van der Waals surface area (Å²) in [6.45, 7) is 2.57. The van der Waals surface area contributed by atoms with Gasteiger partial charge >= 0.3 is 0 Å². The summed E-state index contributed by atoms with van der Waals surface area (Å²) in [5.41, 5.74) is 3.38. The van der Waals surface area contributed by atoms with Crippen LogP contribution in [0, 0.1) is 12.8 Å². The maximum Gasteiger partial charge on any atom is 0.262 e. The molecule has 0 bridgehead atoms. The zero-order valence-corrected chi connectivity index (χ0v) is 20.8. The Bertz CT molecular complexity index is 1230. The summed E-state index contributed by atoms with van der Waals surface area (Å²) in [6, 6.07) is 22.1. The standard InChI is InChI=1S/C28H28ClN3O4/c1-19-7-8-22(29)16-25(19)31-26(33)18-36-24-11-9-23(10-12-24)32-17-21(15-27(32)34)28(35)30-14-13-20-5-3-2-4-6-20/h2-12,16,21H,13-15,17-18H2,1H3,(H,30,35)(H,31,33)/t21-/m1/s1. The van der Waals surface area contributed by atoms with E-state index in [2.05, 4.69) is 10.6 Å².